The van der Waals surface area contributed by atoms with Gasteiger partial charge < -0.3 is 9.47 Å². The van der Waals surface area contributed by atoms with Crippen LogP contribution in [0.2, 0.25) is 0 Å². The second-order valence-electron chi connectivity index (χ2n) is 7.36. The van der Waals surface area contributed by atoms with Gasteiger partial charge in [-0.2, -0.15) is 4.31 Å². The molecule has 0 radical (unpaired) electrons. The van der Waals surface area contributed by atoms with Crippen LogP contribution in [0.1, 0.15) is 22.8 Å². The number of amides is 1. The molecule has 1 aromatic heterocycles. The summed E-state index contributed by atoms with van der Waals surface area (Å²) in [5.74, 6) is -0.0409. The number of rotatable bonds is 4. The number of carbonyl (C=O) groups is 1. The minimum atomic E-state index is -3.54. The van der Waals surface area contributed by atoms with E-state index in [1.165, 1.54) is 4.31 Å². The number of nitrogens with zero attached hydrogens (tertiary/aromatic N) is 3. The van der Waals surface area contributed by atoms with E-state index in [4.69, 9.17) is 0 Å². The highest BCUT2D eigenvalue weighted by Gasteiger charge is 2.31. The summed E-state index contributed by atoms with van der Waals surface area (Å²) < 4.78 is 29.3. The first kappa shape index (κ1) is 19.7. The van der Waals surface area contributed by atoms with E-state index < -0.39 is 10.0 Å². The van der Waals surface area contributed by atoms with Crippen LogP contribution in [-0.4, -0.2) is 54.3 Å². The van der Waals surface area contributed by atoms with Crippen molar-refractivity contribution in [3.05, 3.63) is 65.9 Å². The summed E-state index contributed by atoms with van der Waals surface area (Å²) in [6.07, 6.45) is 1.91. The first-order chi connectivity index (χ1) is 13.9. The minimum absolute atomic E-state index is 0.0409. The van der Waals surface area contributed by atoms with Gasteiger partial charge in [0.15, 0.2) is 0 Å². The Morgan fingerprint density at radius 3 is 2.28 bits per heavy atom. The lowest BCUT2D eigenvalue weighted by molar-refractivity contribution is 0.0699. The Morgan fingerprint density at radius 1 is 0.966 bits per heavy atom. The molecule has 0 unspecified atom stereocenters. The average molecular weight is 412 g/mol. The van der Waals surface area contributed by atoms with Gasteiger partial charge in [-0.3, -0.25) is 4.79 Å². The van der Waals surface area contributed by atoms with Crippen LogP contribution in [0.3, 0.4) is 0 Å². The van der Waals surface area contributed by atoms with Crippen molar-refractivity contribution < 1.29 is 13.2 Å². The number of benzene rings is 2. The number of carbonyl (C=O) groups excluding carboxylic acids is 1. The number of aryl methyl sites for hydroxylation is 2. The maximum absolute atomic E-state index is 13.2. The van der Waals surface area contributed by atoms with E-state index in [1.807, 2.05) is 37.4 Å². The summed E-state index contributed by atoms with van der Waals surface area (Å²) >= 11 is 0. The Morgan fingerprint density at radius 2 is 1.62 bits per heavy atom. The van der Waals surface area contributed by atoms with Gasteiger partial charge in [-0.25, -0.2) is 8.42 Å². The van der Waals surface area contributed by atoms with Gasteiger partial charge in [0.05, 0.1) is 10.5 Å². The van der Waals surface area contributed by atoms with Crippen LogP contribution in [0, 0.1) is 6.92 Å². The highest BCUT2D eigenvalue weighted by atomic mass is 32.2. The van der Waals surface area contributed by atoms with Gasteiger partial charge in [-0.15, -0.1) is 0 Å². The number of fused-ring (bicyclic) bond motifs is 1. The quantitative estimate of drug-likeness (QED) is 0.663. The number of aromatic nitrogens is 1. The van der Waals surface area contributed by atoms with E-state index in [-0.39, 0.29) is 5.91 Å². The molecule has 2 heterocycles. The van der Waals surface area contributed by atoms with Gasteiger partial charge in [0, 0.05) is 49.8 Å². The van der Waals surface area contributed by atoms with E-state index >= 15 is 0 Å². The van der Waals surface area contributed by atoms with Gasteiger partial charge in [0.25, 0.3) is 5.91 Å². The Bertz CT molecular complexity index is 1140. The predicted octanol–water partition coefficient (Wildman–Crippen LogP) is 3.12. The van der Waals surface area contributed by atoms with Crippen LogP contribution in [0.25, 0.3) is 10.9 Å². The molecule has 6 nitrogen and oxygen atoms in total. The van der Waals surface area contributed by atoms with Crippen molar-refractivity contribution in [1.29, 1.82) is 0 Å². The second-order valence-corrected chi connectivity index (χ2v) is 9.29. The fraction of sp³-hybridized carbons (Fsp3) is 0.318. The van der Waals surface area contributed by atoms with Crippen molar-refractivity contribution in [2.24, 2.45) is 0 Å². The number of sulfonamides is 1. The molecule has 1 aliphatic heterocycles. The zero-order chi connectivity index (χ0) is 20.6. The normalized spacial score (nSPS) is 15.7. The number of piperazine rings is 1. The van der Waals surface area contributed by atoms with Gasteiger partial charge in [0.1, 0.15) is 0 Å². The summed E-state index contributed by atoms with van der Waals surface area (Å²) in [5.41, 5.74) is 2.74. The lowest BCUT2D eigenvalue weighted by Gasteiger charge is -2.34. The summed E-state index contributed by atoms with van der Waals surface area (Å²) in [5, 5.41) is 0.939. The van der Waals surface area contributed by atoms with Crippen molar-refractivity contribution in [3.8, 4) is 0 Å². The molecule has 0 spiro atoms. The maximum Gasteiger partial charge on any atom is 0.256 e. The third kappa shape index (κ3) is 3.56. The Kier molecular flexibility index (Phi) is 5.19. The molecule has 2 aromatic carbocycles. The molecule has 152 valence electrons. The minimum Gasteiger partial charge on any atom is -0.347 e. The Balaban J connectivity index is 1.51. The summed E-state index contributed by atoms with van der Waals surface area (Å²) in [6.45, 7) is 6.13. The van der Waals surface area contributed by atoms with E-state index in [0.717, 1.165) is 23.0 Å². The lowest BCUT2D eigenvalue weighted by atomic mass is 10.1. The molecule has 7 heteroatoms. The van der Waals surface area contributed by atoms with E-state index in [9.17, 15) is 13.2 Å². The van der Waals surface area contributed by atoms with Crippen molar-refractivity contribution in [1.82, 2.24) is 13.8 Å². The van der Waals surface area contributed by atoms with Gasteiger partial charge in [-0.1, -0.05) is 35.9 Å². The fourth-order valence-corrected chi connectivity index (χ4v) is 5.26. The first-order valence-corrected chi connectivity index (χ1v) is 11.3. The largest absolute Gasteiger partial charge is 0.347 e. The zero-order valence-corrected chi connectivity index (χ0v) is 17.5. The highest BCUT2D eigenvalue weighted by Crippen LogP contribution is 2.24. The van der Waals surface area contributed by atoms with E-state index in [1.54, 1.807) is 29.2 Å². The number of para-hydroxylation sites is 1. The highest BCUT2D eigenvalue weighted by molar-refractivity contribution is 7.89. The van der Waals surface area contributed by atoms with Crippen molar-refractivity contribution in [2.75, 3.05) is 26.2 Å². The summed E-state index contributed by atoms with van der Waals surface area (Å²) in [7, 11) is -3.54. The van der Waals surface area contributed by atoms with Crippen LogP contribution in [0.4, 0.5) is 0 Å². The standard InChI is InChI=1S/C22H25N3O3S/c1-3-23-16-20(19-6-4-5-7-21(19)23)22(26)24-12-14-25(15-13-24)29(27,28)18-10-8-17(2)9-11-18/h4-11,16H,3,12-15H2,1-2H3. The molecule has 1 aliphatic rings. The number of hydrogen-bond acceptors (Lipinski definition) is 3. The smallest absolute Gasteiger partial charge is 0.256 e. The second kappa shape index (κ2) is 7.65. The van der Waals surface area contributed by atoms with Crippen LogP contribution >= 0.6 is 0 Å². The van der Waals surface area contributed by atoms with Crippen LogP contribution < -0.4 is 0 Å². The molecule has 1 fully saturated rings. The van der Waals surface area contributed by atoms with E-state index in [0.29, 0.717) is 36.6 Å². The molecule has 0 bridgehead atoms. The van der Waals surface area contributed by atoms with Crippen LogP contribution in [0.15, 0.2) is 59.6 Å². The van der Waals surface area contributed by atoms with Crippen molar-refractivity contribution in [3.63, 3.8) is 0 Å². The summed E-state index contributed by atoms with van der Waals surface area (Å²) in [4.78, 5) is 15.2. The molecular formula is C22H25N3O3S. The molecule has 0 aliphatic carbocycles. The zero-order valence-electron chi connectivity index (χ0n) is 16.7. The first-order valence-electron chi connectivity index (χ1n) is 9.86. The monoisotopic (exact) mass is 411 g/mol. The Labute approximate surface area is 171 Å². The SMILES string of the molecule is CCn1cc(C(=O)N2CCN(S(=O)(=O)c3ccc(C)cc3)CC2)c2ccccc21. The number of hydrogen-bond donors (Lipinski definition) is 0. The maximum atomic E-state index is 13.2. The van der Waals surface area contributed by atoms with Gasteiger partial charge in [0.2, 0.25) is 10.0 Å². The van der Waals surface area contributed by atoms with Crippen molar-refractivity contribution in [2.45, 2.75) is 25.3 Å². The fourth-order valence-electron chi connectivity index (χ4n) is 3.84. The molecule has 0 atom stereocenters. The topological polar surface area (TPSA) is 62.6 Å². The average Bonchev–Trinajstić information content (AvgIpc) is 3.12. The molecule has 29 heavy (non-hydrogen) atoms. The third-order valence-corrected chi connectivity index (χ3v) is 7.46. The Hall–Kier alpha value is -2.64. The van der Waals surface area contributed by atoms with Gasteiger partial charge >= 0.3 is 0 Å². The van der Waals surface area contributed by atoms with Crippen LogP contribution in [0.5, 0.6) is 0 Å². The summed E-state index contributed by atoms with van der Waals surface area (Å²) in [6, 6.07) is 14.8. The molecule has 1 saturated heterocycles. The van der Waals surface area contributed by atoms with Crippen LogP contribution in [-0.2, 0) is 16.6 Å². The lowest BCUT2D eigenvalue weighted by Crippen LogP contribution is -2.50. The molecular weight excluding hydrogens is 386 g/mol. The predicted molar refractivity (Wildman–Crippen MR) is 113 cm³/mol. The molecule has 0 N–H and O–H groups in total. The third-order valence-electron chi connectivity index (χ3n) is 5.54. The molecule has 1 amide bonds. The van der Waals surface area contributed by atoms with Crippen molar-refractivity contribution >= 4 is 26.8 Å². The molecule has 4 rings (SSSR count). The molecule has 3 aromatic rings. The van der Waals surface area contributed by atoms with E-state index in [2.05, 4.69) is 11.5 Å². The molecule has 0 saturated carbocycles. The van der Waals surface area contributed by atoms with Gasteiger partial charge in [-0.05, 0) is 32.0 Å².